The molecule has 0 saturated carbocycles. The molecule has 7 nitrogen and oxygen atoms in total. The predicted molar refractivity (Wildman–Crippen MR) is 80.2 cm³/mol. The number of carbonyl (C=O) groups excluding carboxylic acids is 2. The molecule has 0 radical (unpaired) electrons. The average Bonchev–Trinajstić information content (AvgIpc) is 2.82. The predicted octanol–water partition coefficient (Wildman–Crippen LogP) is 0.287. The topological polar surface area (TPSA) is 85.6 Å². The Morgan fingerprint density at radius 3 is 2.50 bits per heavy atom. The van der Waals surface area contributed by atoms with E-state index < -0.39 is 11.3 Å². The first kappa shape index (κ1) is 15.1. The molecule has 2 atom stereocenters. The normalized spacial score (nSPS) is 30.9. The third kappa shape index (κ3) is 2.74. The van der Waals surface area contributed by atoms with Crippen LogP contribution in [0.25, 0.3) is 0 Å². The SMILES string of the molecule is C=CCN1C(=O)C(C)SC1=NN=C1SC(O)C(=O)N1C. The lowest BCUT2D eigenvalue weighted by Gasteiger charge is -2.12. The van der Waals surface area contributed by atoms with E-state index in [2.05, 4.69) is 16.8 Å². The number of hydrogen-bond donors (Lipinski definition) is 1. The number of carbonyl (C=O) groups is 2. The largest absolute Gasteiger partial charge is 0.373 e. The fourth-order valence-corrected chi connectivity index (χ4v) is 3.34. The van der Waals surface area contributed by atoms with Crippen LogP contribution in [0.3, 0.4) is 0 Å². The third-order valence-corrected chi connectivity index (χ3v) is 4.76. The lowest BCUT2D eigenvalue weighted by Crippen LogP contribution is -2.31. The fourth-order valence-electron chi connectivity index (χ4n) is 1.63. The van der Waals surface area contributed by atoms with E-state index in [1.54, 1.807) is 13.0 Å². The Morgan fingerprint density at radius 2 is 1.95 bits per heavy atom. The first-order valence-corrected chi connectivity index (χ1v) is 7.58. The lowest BCUT2D eigenvalue weighted by atomic mass is 10.4. The van der Waals surface area contributed by atoms with Gasteiger partial charge in [-0.15, -0.1) is 16.8 Å². The van der Waals surface area contributed by atoms with Crippen molar-refractivity contribution in [2.45, 2.75) is 17.6 Å². The second kappa shape index (κ2) is 5.98. The first-order chi connectivity index (χ1) is 9.45. The minimum atomic E-state index is -1.14. The monoisotopic (exact) mass is 314 g/mol. The van der Waals surface area contributed by atoms with Crippen molar-refractivity contribution in [3.8, 4) is 0 Å². The molecule has 1 N–H and O–H groups in total. The summed E-state index contributed by atoms with van der Waals surface area (Å²) in [7, 11) is 1.52. The van der Waals surface area contributed by atoms with Crippen molar-refractivity contribution in [2.75, 3.05) is 13.6 Å². The Balaban J connectivity index is 2.20. The highest BCUT2D eigenvalue weighted by Crippen LogP contribution is 2.28. The van der Waals surface area contributed by atoms with E-state index in [0.717, 1.165) is 11.8 Å². The summed E-state index contributed by atoms with van der Waals surface area (Å²) in [5, 5.41) is 18.0. The Morgan fingerprint density at radius 1 is 1.30 bits per heavy atom. The van der Waals surface area contributed by atoms with Crippen LogP contribution in [0.5, 0.6) is 0 Å². The maximum Gasteiger partial charge on any atom is 0.268 e. The average molecular weight is 314 g/mol. The Labute approximate surface area is 124 Å². The van der Waals surface area contributed by atoms with Gasteiger partial charge in [0, 0.05) is 13.6 Å². The van der Waals surface area contributed by atoms with E-state index in [1.807, 2.05) is 0 Å². The molecule has 2 unspecified atom stereocenters. The highest BCUT2D eigenvalue weighted by Gasteiger charge is 2.36. The van der Waals surface area contributed by atoms with E-state index >= 15 is 0 Å². The van der Waals surface area contributed by atoms with Gasteiger partial charge >= 0.3 is 0 Å². The van der Waals surface area contributed by atoms with Crippen LogP contribution in [0, 0.1) is 0 Å². The van der Waals surface area contributed by atoms with Crippen molar-refractivity contribution in [1.82, 2.24) is 9.80 Å². The Hall–Kier alpha value is -1.32. The number of aliphatic hydroxyl groups is 1. The number of hydrogen-bond acceptors (Lipinski definition) is 7. The van der Waals surface area contributed by atoms with E-state index in [1.165, 1.54) is 28.6 Å². The zero-order chi connectivity index (χ0) is 14.9. The van der Waals surface area contributed by atoms with Crippen LogP contribution in [-0.4, -0.2) is 61.3 Å². The molecule has 9 heteroatoms. The van der Waals surface area contributed by atoms with Crippen LogP contribution in [0.15, 0.2) is 22.9 Å². The molecule has 0 aliphatic carbocycles. The van der Waals surface area contributed by atoms with Gasteiger partial charge in [0.15, 0.2) is 15.8 Å². The van der Waals surface area contributed by atoms with Gasteiger partial charge in [-0.3, -0.25) is 19.4 Å². The zero-order valence-electron chi connectivity index (χ0n) is 11.0. The van der Waals surface area contributed by atoms with Crippen LogP contribution in [0.1, 0.15) is 6.92 Å². The molecule has 2 amide bonds. The number of aliphatic hydroxyl groups excluding tert-OH is 1. The highest BCUT2D eigenvalue weighted by atomic mass is 32.2. The summed E-state index contributed by atoms with van der Waals surface area (Å²) in [6, 6.07) is 0. The van der Waals surface area contributed by atoms with Gasteiger partial charge < -0.3 is 5.11 Å². The molecule has 20 heavy (non-hydrogen) atoms. The lowest BCUT2D eigenvalue weighted by molar-refractivity contribution is -0.130. The maximum atomic E-state index is 11.9. The fraction of sp³-hybridized carbons (Fsp3) is 0.455. The minimum Gasteiger partial charge on any atom is -0.373 e. The number of likely N-dealkylation sites (N-methyl/N-ethyl adjacent to an activating group) is 1. The standard InChI is InChI=1S/C11H14N4O3S2/c1-4-5-15-7(16)6(2)19-11(15)13-12-10-14(3)8(17)9(18)20-10/h4,6,9,18H,1,5H2,2-3H3. The van der Waals surface area contributed by atoms with Crippen molar-refractivity contribution in [3.05, 3.63) is 12.7 Å². The molecular weight excluding hydrogens is 300 g/mol. The van der Waals surface area contributed by atoms with Crippen LogP contribution >= 0.6 is 23.5 Å². The molecule has 2 saturated heterocycles. The van der Waals surface area contributed by atoms with E-state index in [-0.39, 0.29) is 11.2 Å². The molecule has 2 fully saturated rings. The van der Waals surface area contributed by atoms with Crippen LogP contribution in [0.2, 0.25) is 0 Å². The van der Waals surface area contributed by atoms with Gasteiger partial charge in [-0.1, -0.05) is 17.8 Å². The van der Waals surface area contributed by atoms with E-state index in [9.17, 15) is 14.7 Å². The molecule has 108 valence electrons. The number of rotatable bonds is 3. The van der Waals surface area contributed by atoms with Crippen molar-refractivity contribution < 1.29 is 14.7 Å². The summed E-state index contributed by atoms with van der Waals surface area (Å²) < 4.78 is 0. The van der Waals surface area contributed by atoms with Crippen molar-refractivity contribution >= 4 is 45.7 Å². The van der Waals surface area contributed by atoms with Crippen molar-refractivity contribution in [2.24, 2.45) is 10.2 Å². The summed E-state index contributed by atoms with van der Waals surface area (Å²) in [5.74, 6) is -0.474. The number of amides is 2. The van der Waals surface area contributed by atoms with Crippen molar-refractivity contribution in [3.63, 3.8) is 0 Å². The van der Waals surface area contributed by atoms with Gasteiger partial charge in [-0.25, -0.2) is 0 Å². The Bertz CT molecular complexity index is 520. The highest BCUT2D eigenvalue weighted by molar-refractivity contribution is 8.15. The first-order valence-electron chi connectivity index (χ1n) is 5.82. The molecule has 2 aliphatic rings. The number of thioether (sulfide) groups is 2. The molecule has 2 heterocycles. The maximum absolute atomic E-state index is 11.9. The quantitative estimate of drug-likeness (QED) is 0.598. The van der Waals surface area contributed by atoms with E-state index in [4.69, 9.17) is 0 Å². The molecule has 2 rings (SSSR count). The summed E-state index contributed by atoms with van der Waals surface area (Å²) in [4.78, 5) is 26.0. The molecule has 0 aromatic heterocycles. The smallest absolute Gasteiger partial charge is 0.268 e. The van der Waals surface area contributed by atoms with Gasteiger partial charge in [-0.2, -0.15) is 0 Å². The summed E-state index contributed by atoms with van der Waals surface area (Å²) in [6.45, 7) is 5.76. The van der Waals surface area contributed by atoms with E-state index in [0.29, 0.717) is 16.9 Å². The molecular formula is C11H14N4O3S2. The van der Waals surface area contributed by atoms with Crippen LogP contribution in [-0.2, 0) is 9.59 Å². The van der Waals surface area contributed by atoms with Gasteiger partial charge in [-0.05, 0) is 18.7 Å². The second-order valence-corrected chi connectivity index (χ2v) is 6.49. The molecule has 0 aromatic carbocycles. The molecule has 0 aromatic rings. The van der Waals surface area contributed by atoms with Gasteiger partial charge in [0.2, 0.25) is 5.91 Å². The van der Waals surface area contributed by atoms with Gasteiger partial charge in [0.1, 0.15) is 0 Å². The molecule has 2 aliphatic heterocycles. The summed E-state index contributed by atoms with van der Waals surface area (Å²) in [6.07, 6.45) is 1.61. The molecule has 0 spiro atoms. The molecule has 0 bridgehead atoms. The summed E-state index contributed by atoms with van der Waals surface area (Å²) in [5.41, 5.74) is -1.14. The van der Waals surface area contributed by atoms with Crippen LogP contribution in [0.4, 0.5) is 0 Å². The number of nitrogens with zero attached hydrogens (tertiary/aromatic N) is 4. The third-order valence-electron chi connectivity index (χ3n) is 2.71. The van der Waals surface area contributed by atoms with Crippen molar-refractivity contribution in [1.29, 1.82) is 0 Å². The Kier molecular flexibility index (Phi) is 4.51. The second-order valence-electron chi connectivity index (χ2n) is 4.13. The zero-order valence-corrected chi connectivity index (χ0v) is 12.6. The van der Waals surface area contributed by atoms with Gasteiger partial charge in [0.25, 0.3) is 5.91 Å². The van der Waals surface area contributed by atoms with Gasteiger partial charge in [0.05, 0.1) is 5.25 Å². The minimum absolute atomic E-state index is 0.0441. The summed E-state index contributed by atoms with van der Waals surface area (Å²) >= 11 is 2.23. The number of amidine groups is 2. The van der Waals surface area contributed by atoms with Crippen LogP contribution < -0.4 is 0 Å².